The number of benzene rings is 2. The Bertz CT molecular complexity index is 1110. The van der Waals surface area contributed by atoms with Crippen molar-refractivity contribution in [2.45, 2.75) is 51.7 Å². The lowest BCUT2D eigenvalue weighted by Crippen LogP contribution is -2.54. The molecule has 1 heterocycles. The van der Waals surface area contributed by atoms with Crippen LogP contribution in [0.4, 0.5) is 8.78 Å². The Balaban J connectivity index is 1.79. The fourth-order valence-electron chi connectivity index (χ4n) is 3.95. The third-order valence-electron chi connectivity index (χ3n) is 5.49. The SMILES string of the molecule is CCc1cccc(CNC[C@@H](O)[C@H](Cc2cc(F)cc(F)c2)N2C=C(C)OC2NS(C)(=O)=O)c1. The predicted molar refractivity (Wildman–Crippen MR) is 126 cm³/mol. The molecule has 0 aromatic heterocycles. The molecule has 186 valence electrons. The molecule has 0 spiro atoms. The summed E-state index contributed by atoms with van der Waals surface area (Å²) in [5, 5.41) is 14.3. The lowest BCUT2D eigenvalue weighted by Gasteiger charge is -2.35. The third kappa shape index (κ3) is 7.49. The summed E-state index contributed by atoms with van der Waals surface area (Å²) < 4.78 is 59.3. The first kappa shape index (κ1) is 26.1. The zero-order valence-electron chi connectivity index (χ0n) is 19.5. The van der Waals surface area contributed by atoms with E-state index in [1.807, 2.05) is 18.2 Å². The van der Waals surface area contributed by atoms with Gasteiger partial charge < -0.3 is 20.1 Å². The van der Waals surface area contributed by atoms with Crippen LogP contribution in [0.25, 0.3) is 0 Å². The zero-order valence-corrected chi connectivity index (χ0v) is 20.3. The van der Waals surface area contributed by atoms with Crippen molar-refractivity contribution in [2.24, 2.45) is 0 Å². The van der Waals surface area contributed by atoms with Crippen molar-refractivity contribution in [3.8, 4) is 0 Å². The molecule has 3 rings (SSSR count). The second-order valence-corrected chi connectivity index (χ2v) is 10.2. The van der Waals surface area contributed by atoms with Gasteiger partial charge in [0, 0.05) is 25.4 Å². The van der Waals surface area contributed by atoms with Crippen LogP contribution in [-0.2, 0) is 34.1 Å². The van der Waals surface area contributed by atoms with Gasteiger partial charge in [-0.1, -0.05) is 31.2 Å². The summed E-state index contributed by atoms with van der Waals surface area (Å²) in [6, 6.07) is 10.5. The van der Waals surface area contributed by atoms with E-state index in [1.165, 1.54) is 22.6 Å². The Hall–Kier alpha value is -2.53. The van der Waals surface area contributed by atoms with Crippen LogP contribution < -0.4 is 10.0 Å². The molecular weight excluding hydrogens is 464 g/mol. The fourth-order valence-corrected chi connectivity index (χ4v) is 4.49. The lowest BCUT2D eigenvalue weighted by atomic mass is 9.99. The molecule has 0 aliphatic carbocycles. The maximum absolute atomic E-state index is 13.8. The molecule has 10 heteroatoms. The lowest BCUT2D eigenvalue weighted by molar-refractivity contribution is -0.0248. The van der Waals surface area contributed by atoms with E-state index in [4.69, 9.17) is 4.74 Å². The topological polar surface area (TPSA) is 90.9 Å². The molecule has 0 fully saturated rings. The van der Waals surface area contributed by atoms with Gasteiger partial charge in [-0.05, 0) is 48.6 Å². The number of nitrogens with one attached hydrogen (secondary N) is 2. The van der Waals surface area contributed by atoms with Crippen molar-refractivity contribution in [3.05, 3.63) is 82.7 Å². The smallest absolute Gasteiger partial charge is 0.242 e. The highest BCUT2D eigenvalue weighted by Crippen LogP contribution is 2.24. The number of nitrogens with zero attached hydrogens (tertiary/aromatic N) is 1. The van der Waals surface area contributed by atoms with Gasteiger partial charge in [-0.3, -0.25) is 0 Å². The number of sulfonamides is 1. The van der Waals surface area contributed by atoms with Crippen molar-refractivity contribution >= 4 is 10.0 Å². The van der Waals surface area contributed by atoms with Crippen molar-refractivity contribution in [2.75, 3.05) is 12.8 Å². The van der Waals surface area contributed by atoms with Gasteiger partial charge in [-0.25, -0.2) is 17.2 Å². The molecular formula is C24H31F2N3O4S. The minimum Gasteiger partial charge on any atom is -0.459 e. The number of halogens is 2. The second kappa shape index (κ2) is 11.3. The van der Waals surface area contributed by atoms with E-state index in [0.717, 1.165) is 24.3 Å². The number of aryl methyl sites for hydroxylation is 1. The number of aliphatic hydroxyl groups is 1. The highest BCUT2D eigenvalue weighted by Gasteiger charge is 2.36. The van der Waals surface area contributed by atoms with Crippen LogP contribution in [0.3, 0.4) is 0 Å². The Labute approximate surface area is 199 Å². The monoisotopic (exact) mass is 495 g/mol. The van der Waals surface area contributed by atoms with E-state index >= 15 is 0 Å². The van der Waals surface area contributed by atoms with Gasteiger partial charge in [0.1, 0.15) is 17.4 Å². The van der Waals surface area contributed by atoms with Crippen molar-refractivity contribution < 1.29 is 27.0 Å². The molecule has 3 atom stereocenters. The molecule has 0 saturated carbocycles. The largest absolute Gasteiger partial charge is 0.459 e. The van der Waals surface area contributed by atoms with Gasteiger partial charge in [0.15, 0.2) is 0 Å². The number of hydrogen-bond donors (Lipinski definition) is 3. The molecule has 2 aromatic rings. The van der Waals surface area contributed by atoms with Gasteiger partial charge in [0.2, 0.25) is 16.4 Å². The Kier molecular flexibility index (Phi) is 8.64. The summed E-state index contributed by atoms with van der Waals surface area (Å²) in [7, 11) is -3.64. The first-order valence-corrected chi connectivity index (χ1v) is 12.9. The summed E-state index contributed by atoms with van der Waals surface area (Å²) in [5.74, 6) is -1.02. The summed E-state index contributed by atoms with van der Waals surface area (Å²) in [6.45, 7) is 4.41. The van der Waals surface area contributed by atoms with Crippen molar-refractivity contribution in [3.63, 3.8) is 0 Å². The van der Waals surface area contributed by atoms with Crippen LogP contribution in [0.5, 0.6) is 0 Å². The summed E-state index contributed by atoms with van der Waals surface area (Å²) in [5.41, 5.74) is 2.59. The number of hydrogen-bond acceptors (Lipinski definition) is 6. The minimum absolute atomic E-state index is 0.0535. The van der Waals surface area contributed by atoms with E-state index in [1.54, 1.807) is 13.1 Å². The fraction of sp³-hybridized carbons (Fsp3) is 0.417. The minimum atomic E-state index is -3.64. The molecule has 0 radical (unpaired) electrons. The van der Waals surface area contributed by atoms with Gasteiger partial charge in [0.05, 0.1) is 18.4 Å². The summed E-state index contributed by atoms with van der Waals surface area (Å²) in [6.07, 6.45) is 1.44. The maximum atomic E-state index is 13.8. The molecule has 3 N–H and O–H groups in total. The molecule has 1 unspecified atom stereocenters. The zero-order chi connectivity index (χ0) is 24.9. The number of ether oxygens (including phenoxy) is 1. The molecule has 0 amide bonds. The van der Waals surface area contributed by atoms with Gasteiger partial charge in [-0.15, -0.1) is 0 Å². The van der Waals surface area contributed by atoms with E-state index < -0.39 is 40.2 Å². The van der Waals surface area contributed by atoms with E-state index in [9.17, 15) is 22.3 Å². The quantitative estimate of drug-likeness (QED) is 0.444. The van der Waals surface area contributed by atoms with Crippen LogP contribution in [0.2, 0.25) is 0 Å². The second-order valence-electron chi connectivity index (χ2n) is 8.47. The third-order valence-corrected chi connectivity index (χ3v) is 6.12. The van der Waals surface area contributed by atoms with E-state index in [-0.39, 0.29) is 13.0 Å². The molecule has 7 nitrogen and oxygen atoms in total. The predicted octanol–water partition coefficient (Wildman–Crippen LogP) is 2.62. The summed E-state index contributed by atoms with van der Waals surface area (Å²) in [4.78, 5) is 1.53. The van der Waals surface area contributed by atoms with Crippen LogP contribution in [0.1, 0.15) is 30.5 Å². The van der Waals surface area contributed by atoms with Gasteiger partial charge in [0.25, 0.3) is 0 Å². The molecule has 1 aliphatic rings. The van der Waals surface area contributed by atoms with Crippen molar-refractivity contribution in [1.29, 1.82) is 0 Å². The molecule has 0 saturated heterocycles. The van der Waals surface area contributed by atoms with Crippen LogP contribution in [-0.4, -0.2) is 49.7 Å². The highest BCUT2D eigenvalue weighted by atomic mass is 32.2. The first-order chi connectivity index (χ1) is 16.0. The average molecular weight is 496 g/mol. The Morgan fingerprint density at radius 2 is 1.79 bits per heavy atom. The van der Waals surface area contributed by atoms with Crippen LogP contribution >= 0.6 is 0 Å². The van der Waals surface area contributed by atoms with Gasteiger partial charge in [-0.2, -0.15) is 4.72 Å². The molecule has 2 aromatic carbocycles. The molecule has 0 bridgehead atoms. The number of rotatable bonds is 11. The normalized spacial score (nSPS) is 17.9. The Morgan fingerprint density at radius 3 is 2.44 bits per heavy atom. The van der Waals surface area contributed by atoms with Crippen molar-refractivity contribution in [1.82, 2.24) is 14.9 Å². The molecule has 34 heavy (non-hydrogen) atoms. The van der Waals surface area contributed by atoms with Gasteiger partial charge >= 0.3 is 0 Å². The van der Waals surface area contributed by atoms with Crippen LogP contribution in [0, 0.1) is 11.6 Å². The molecule has 1 aliphatic heterocycles. The van der Waals surface area contributed by atoms with E-state index in [2.05, 4.69) is 23.0 Å². The Morgan fingerprint density at radius 1 is 1.12 bits per heavy atom. The average Bonchev–Trinajstić information content (AvgIpc) is 3.09. The number of allylic oxidation sites excluding steroid dienone is 1. The first-order valence-electron chi connectivity index (χ1n) is 11.1. The van der Waals surface area contributed by atoms with Crippen LogP contribution in [0.15, 0.2) is 54.4 Å². The highest BCUT2D eigenvalue weighted by molar-refractivity contribution is 7.88. The number of aliphatic hydroxyl groups excluding tert-OH is 1. The summed E-state index contributed by atoms with van der Waals surface area (Å²) >= 11 is 0. The standard InChI is InChI=1S/C24H31F2N3O4S/c1-4-17-6-5-7-18(8-17)13-27-14-23(30)22(11-19-9-20(25)12-21(26)10-19)29-15-16(2)33-24(29)28-34(3,31)32/h5-10,12,15,22-24,27-28,30H,4,11,13-14H2,1-3H3/t22-,23+,24?/m0/s1. The maximum Gasteiger partial charge on any atom is 0.242 e. The van der Waals surface area contributed by atoms with E-state index in [0.29, 0.717) is 17.9 Å².